The van der Waals surface area contributed by atoms with Gasteiger partial charge in [-0.3, -0.25) is 5.32 Å². The standard InChI is InChI=1S/C6H4ClN3O2/c7-5-8-1-3-2-12-6(11)10-4(3)9-5/h1H,2H2,(H,8,9,10,11). The van der Waals surface area contributed by atoms with Crippen molar-refractivity contribution in [3.05, 3.63) is 17.0 Å². The average molecular weight is 186 g/mol. The van der Waals surface area contributed by atoms with Crippen molar-refractivity contribution in [2.45, 2.75) is 6.61 Å². The summed E-state index contributed by atoms with van der Waals surface area (Å²) in [4.78, 5) is 18.2. The van der Waals surface area contributed by atoms with E-state index in [9.17, 15) is 4.79 Å². The Kier molecular flexibility index (Phi) is 1.58. The normalized spacial score (nSPS) is 14.6. The summed E-state index contributed by atoms with van der Waals surface area (Å²) < 4.78 is 4.67. The third-order valence-corrected chi connectivity index (χ3v) is 1.60. The molecule has 0 saturated carbocycles. The van der Waals surface area contributed by atoms with E-state index in [4.69, 9.17) is 11.6 Å². The zero-order chi connectivity index (χ0) is 8.55. The molecule has 0 spiro atoms. The molecular weight excluding hydrogens is 182 g/mol. The van der Waals surface area contributed by atoms with Crippen LogP contribution >= 0.6 is 11.6 Å². The summed E-state index contributed by atoms with van der Waals surface area (Å²) in [7, 11) is 0. The summed E-state index contributed by atoms with van der Waals surface area (Å²) in [6, 6.07) is 0. The highest BCUT2D eigenvalue weighted by Crippen LogP contribution is 2.18. The molecule has 5 nitrogen and oxygen atoms in total. The molecule has 0 aromatic carbocycles. The summed E-state index contributed by atoms with van der Waals surface area (Å²) >= 11 is 5.51. The van der Waals surface area contributed by atoms with Crippen molar-refractivity contribution in [1.82, 2.24) is 9.97 Å². The van der Waals surface area contributed by atoms with Crippen molar-refractivity contribution in [2.75, 3.05) is 5.32 Å². The van der Waals surface area contributed by atoms with E-state index in [1.807, 2.05) is 0 Å². The Hall–Kier alpha value is -1.36. The third kappa shape index (κ3) is 1.18. The number of cyclic esters (lactones) is 1. The van der Waals surface area contributed by atoms with Crippen LogP contribution in [0.15, 0.2) is 6.20 Å². The average Bonchev–Trinajstić information content (AvgIpc) is 2.03. The van der Waals surface area contributed by atoms with Gasteiger partial charge in [-0.2, -0.15) is 4.98 Å². The Bertz CT molecular complexity index is 342. The minimum atomic E-state index is -0.516. The van der Waals surface area contributed by atoms with Crippen LogP contribution in [-0.2, 0) is 11.3 Å². The monoisotopic (exact) mass is 185 g/mol. The predicted octanol–water partition coefficient (Wildman–Crippen LogP) is 1.19. The Morgan fingerprint density at radius 1 is 1.67 bits per heavy atom. The zero-order valence-corrected chi connectivity index (χ0v) is 6.63. The number of hydrogen-bond acceptors (Lipinski definition) is 4. The lowest BCUT2D eigenvalue weighted by Gasteiger charge is -2.14. The quantitative estimate of drug-likeness (QED) is 0.617. The molecule has 62 valence electrons. The van der Waals surface area contributed by atoms with Gasteiger partial charge in [-0.05, 0) is 11.6 Å². The van der Waals surface area contributed by atoms with E-state index in [0.29, 0.717) is 5.82 Å². The van der Waals surface area contributed by atoms with E-state index in [2.05, 4.69) is 20.0 Å². The van der Waals surface area contributed by atoms with Gasteiger partial charge in [0.05, 0.1) is 5.56 Å². The Morgan fingerprint density at radius 2 is 2.50 bits per heavy atom. The summed E-state index contributed by atoms with van der Waals surface area (Å²) in [6.45, 7) is 0.193. The maximum atomic E-state index is 10.7. The van der Waals surface area contributed by atoms with E-state index < -0.39 is 6.09 Å². The van der Waals surface area contributed by atoms with Crippen molar-refractivity contribution in [3.63, 3.8) is 0 Å². The largest absolute Gasteiger partial charge is 0.444 e. The van der Waals surface area contributed by atoms with Crippen molar-refractivity contribution in [2.24, 2.45) is 0 Å². The number of nitrogens with zero attached hydrogens (tertiary/aromatic N) is 2. The van der Waals surface area contributed by atoms with Crippen LogP contribution in [0.4, 0.5) is 10.6 Å². The summed E-state index contributed by atoms with van der Waals surface area (Å²) in [5.41, 5.74) is 0.721. The van der Waals surface area contributed by atoms with Crippen LogP contribution in [0.25, 0.3) is 0 Å². The first kappa shape index (κ1) is 7.30. The molecular formula is C6H4ClN3O2. The smallest absolute Gasteiger partial charge is 0.413 e. The molecule has 1 aromatic heterocycles. The van der Waals surface area contributed by atoms with Crippen LogP contribution in [0.3, 0.4) is 0 Å². The molecule has 2 rings (SSSR count). The molecule has 0 fully saturated rings. The molecule has 0 bridgehead atoms. The zero-order valence-electron chi connectivity index (χ0n) is 5.87. The maximum absolute atomic E-state index is 10.7. The predicted molar refractivity (Wildman–Crippen MR) is 40.8 cm³/mol. The summed E-state index contributed by atoms with van der Waals surface area (Å²) in [5.74, 6) is 0.422. The van der Waals surface area contributed by atoms with Crippen LogP contribution in [0.5, 0.6) is 0 Å². The van der Waals surface area contributed by atoms with Gasteiger partial charge in [-0.25, -0.2) is 9.78 Å². The van der Waals surface area contributed by atoms with Gasteiger partial charge in [-0.1, -0.05) is 0 Å². The van der Waals surface area contributed by atoms with E-state index in [0.717, 1.165) is 5.56 Å². The molecule has 1 amide bonds. The number of amides is 1. The second kappa shape index (κ2) is 2.60. The van der Waals surface area contributed by atoms with Crippen molar-refractivity contribution >= 4 is 23.5 Å². The van der Waals surface area contributed by atoms with Gasteiger partial charge in [0.25, 0.3) is 0 Å². The molecule has 0 atom stereocenters. The topological polar surface area (TPSA) is 64.1 Å². The second-order valence-corrected chi connectivity index (χ2v) is 2.55. The van der Waals surface area contributed by atoms with Gasteiger partial charge in [0.2, 0.25) is 5.28 Å². The number of halogens is 1. The van der Waals surface area contributed by atoms with Gasteiger partial charge < -0.3 is 4.74 Å². The summed E-state index contributed by atoms with van der Waals surface area (Å²) in [6.07, 6.45) is 1.00. The lowest BCUT2D eigenvalue weighted by molar-refractivity contribution is 0.151. The molecule has 0 saturated heterocycles. The molecule has 0 unspecified atom stereocenters. The third-order valence-electron chi connectivity index (χ3n) is 1.41. The molecule has 1 N–H and O–H groups in total. The first-order valence-electron chi connectivity index (χ1n) is 3.21. The SMILES string of the molecule is O=C1Nc2nc(Cl)ncc2CO1. The molecule has 6 heteroatoms. The fourth-order valence-electron chi connectivity index (χ4n) is 0.875. The summed E-state index contributed by atoms with van der Waals surface area (Å²) in [5, 5.41) is 2.51. The number of carbonyl (C=O) groups excluding carboxylic acids is 1. The number of rotatable bonds is 0. The van der Waals surface area contributed by atoms with Crippen LogP contribution in [0, 0.1) is 0 Å². The Labute approximate surface area is 72.7 Å². The van der Waals surface area contributed by atoms with Gasteiger partial charge in [0.15, 0.2) is 0 Å². The fourth-order valence-corrected chi connectivity index (χ4v) is 1.01. The Balaban J connectivity index is 2.44. The van der Waals surface area contributed by atoms with Crippen molar-refractivity contribution in [3.8, 4) is 0 Å². The van der Waals surface area contributed by atoms with Crippen LogP contribution in [0.2, 0.25) is 5.28 Å². The fraction of sp³-hybridized carbons (Fsp3) is 0.167. The molecule has 0 aliphatic carbocycles. The molecule has 1 aliphatic rings. The first-order valence-corrected chi connectivity index (χ1v) is 3.59. The molecule has 2 heterocycles. The number of aromatic nitrogens is 2. The van der Waals surface area contributed by atoms with E-state index in [1.54, 1.807) is 0 Å². The van der Waals surface area contributed by atoms with Gasteiger partial charge in [0, 0.05) is 6.20 Å². The Morgan fingerprint density at radius 3 is 3.33 bits per heavy atom. The number of anilines is 1. The lowest BCUT2D eigenvalue weighted by Crippen LogP contribution is -2.21. The highest BCUT2D eigenvalue weighted by molar-refractivity contribution is 6.28. The van der Waals surface area contributed by atoms with Crippen molar-refractivity contribution < 1.29 is 9.53 Å². The number of carbonyl (C=O) groups is 1. The minimum absolute atomic E-state index is 0.107. The molecule has 1 aliphatic heterocycles. The van der Waals surface area contributed by atoms with Crippen LogP contribution in [0.1, 0.15) is 5.56 Å². The van der Waals surface area contributed by atoms with Crippen LogP contribution in [-0.4, -0.2) is 16.1 Å². The maximum Gasteiger partial charge on any atom is 0.413 e. The first-order chi connectivity index (χ1) is 5.75. The molecule has 12 heavy (non-hydrogen) atoms. The van der Waals surface area contributed by atoms with E-state index >= 15 is 0 Å². The number of hydrogen-bond donors (Lipinski definition) is 1. The van der Waals surface area contributed by atoms with Gasteiger partial charge >= 0.3 is 6.09 Å². The van der Waals surface area contributed by atoms with Crippen LogP contribution < -0.4 is 5.32 Å². The molecule has 0 radical (unpaired) electrons. The highest BCUT2D eigenvalue weighted by atomic mass is 35.5. The van der Waals surface area contributed by atoms with Crippen molar-refractivity contribution in [1.29, 1.82) is 0 Å². The number of ether oxygens (including phenoxy) is 1. The van der Waals surface area contributed by atoms with E-state index in [-0.39, 0.29) is 11.9 Å². The molecule has 1 aromatic rings. The second-order valence-electron chi connectivity index (χ2n) is 2.21. The number of nitrogens with one attached hydrogen (secondary N) is 1. The van der Waals surface area contributed by atoms with Gasteiger partial charge in [0.1, 0.15) is 12.4 Å². The van der Waals surface area contributed by atoms with Gasteiger partial charge in [-0.15, -0.1) is 0 Å². The number of fused-ring (bicyclic) bond motifs is 1. The highest BCUT2D eigenvalue weighted by Gasteiger charge is 2.17. The lowest BCUT2D eigenvalue weighted by atomic mass is 10.3. The van der Waals surface area contributed by atoms with E-state index in [1.165, 1.54) is 6.20 Å². The minimum Gasteiger partial charge on any atom is -0.444 e.